The highest BCUT2D eigenvalue weighted by atomic mass is 19.4. The van der Waals surface area contributed by atoms with Gasteiger partial charge in [-0.2, -0.15) is 18.3 Å². The van der Waals surface area contributed by atoms with Crippen LogP contribution in [0.2, 0.25) is 0 Å². The van der Waals surface area contributed by atoms with Crippen LogP contribution in [0.15, 0.2) is 48.9 Å². The molecule has 2 aromatic heterocycles. The van der Waals surface area contributed by atoms with E-state index in [1.807, 2.05) is 27.8 Å². The van der Waals surface area contributed by atoms with Gasteiger partial charge in [0.1, 0.15) is 5.69 Å². The third kappa shape index (κ3) is 7.39. The minimum atomic E-state index is -5.08. The maximum absolute atomic E-state index is 10.6. The number of hydrogen-bond acceptors (Lipinski definition) is 6. The van der Waals surface area contributed by atoms with Crippen molar-refractivity contribution in [3.63, 3.8) is 0 Å². The van der Waals surface area contributed by atoms with Crippen LogP contribution in [0.1, 0.15) is 24.1 Å². The Morgan fingerprint density at radius 3 is 2.52 bits per heavy atom. The first-order valence-electron chi connectivity index (χ1n) is 10.4. The Balaban J connectivity index is 0.000000383. The van der Waals surface area contributed by atoms with E-state index in [1.165, 1.54) is 18.4 Å². The van der Waals surface area contributed by atoms with E-state index in [2.05, 4.69) is 44.6 Å². The van der Waals surface area contributed by atoms with Crippen LogP contribution in [0.5, 0.6) is 0 Å². The third-order valence-corrected chi connectivity index (χ3v) is 5.15. The van der Waals surface area contributed by atoms with Crippen molar-refractivity contribution < 1.29 is 28.2 Å². The number of aliphatic carboxylic acids is 1. The lowest BCUT2D eigenvalue weighted by Gasteiger charge is -2.32. The molecule has 1 atom stereocenters. The minimum absolute atomic E-state index is 0.0503. The Kier molecular flexibility index (Phi) is 8.17. The van der Waals surface area contributed by atoms with Crippen molar-refractivity contribution in [1.29, 1.82) is 0 Å². The van der Waals surface area contributed by atoms with Crippen LogP contribution < -0.4 is 0 Å². The van der Waals surface area contributed by atoms with E-state index in [-0.39, 0.29) is 6.61 Å². The molecule has 1 aliphatic heterocycles. The zero-order chi connectivity index (χ0) is 23.8. The number of aliphatic hydroxyl groups excluding tert-OH is 1. The number of carboxylic acids is 1. The largest absolute Gasteiger partial charge is 0.490 e. The fourth-order valence-corrected chi connectivity index (χ4v) is 3.64. The Hall–Kier alpha value is -3.25. The SMILES string of the molecule is O=C(O)C(F)(F)F.OCc1cn(CC2CCCN(Cc3ccc(-n4cccn4)cc3)C2)nn1. The predicted octanol–water partition coefficient (Wildman–Crippen LogP) is 2.50. The van der Waals surface area contributed by atoms with Gasteiger partial charge in [-0.25, -0.2) is 9.48 Å². The standard InChI is InChI=1S/C19H24N6O.C2HF3O2/c26-15-18-14-24(22-21-18)13-17-3-1-9-23(12-17)11-16-4-6-19(7-5-16)25-10-2-8-20-25;3-2(4,5)1(6)7/h2,4-8,10,14,17,26H,1,3,9,11-13,15H2;(H,6,7). The van der Waals surface area contributed by atoms with E-state index in [0.29, 0.717) is 11.6 Å². The molecule has 178 valence electrons. The summed E-state index contributed by atoms with van der Waals surface area (Å²) >= 11 is 0. The van der Waals surface area contributed by atoms with Gasteiger partial charge in [-0.3, -0.25) is 9.58 Å². The average Bonchev–Trinajstić information content (AvgIpc) is 3.47. The molecule has 3 aromatic rings. The number of halogens is 3. The smallest absolute Gasteiger partial charge is 0.475 e. The monoisotopic (exact) mass is 466 g/mol. The number of hydrogen-bond donors (Lipinski definition) is 2. The molecule has 2 N–H and O–H groups in total. The summed E-state index contributed by atoms with van der Waals surface area (Å²) in [4.78, 5) is 11.4. The van der Waals surface area contributed by atoms with Gasteiger partial charge in [0, 0.05) is 32.0 Å². The van der Waals surface area contributed by atoms with E-state index in [9.17, 15) is 13.2 Å². The van der Waals surface area contributed by atoms with E-state index >= 15 is 0 Å². The molecular weight excluding hydrogens is 441 g/mol. The van der Waals surface area contributed by atoms with Crippen LogP contribution in [0.4, 0.5) is 13.2 Å². The Morgan fingerprint density at radius 1 is 1.21 bits per heavy atom. The number of carbonyl (C=O) groups is 1. The second-order valence-electron chi connectivity index (χ2n) is 7.75. The summed E-state index contributed by atoms with van der Waals surface area (Å²) in [5, 5.41) is 28.6. The van der Waals surface area contributed by atoms with Gasteiger partial charge in [0.25, 0.3) is 0 Å². The van der Waals surface area contributed by atoms with Gasteiger partial charge >= 0.3 is 12.1 Å². The molecule has 3 heterocycles. The highest BCUT2D eigenvalue weighted by Crippen LogP contribution is 2.20. The molecule has 4 rings (SSSR count). The number of carboxylic acid groups (broad SMARTS) is 1. The fraction of sp³-hybridized carbons (Fsp3) is 0.429. The molecule has 33 heavy (non-hydrogen) atoms. The van der Waals surface area contributed by atoms with E-state index in [0.717, 1.165) is 31.9 Å². The minimum Gasteiger partial charge on any atom is -0.475 e. The van der Waals surface area contributed by atoms with Crippen molar-refractivity contribution in [3.05, 3.63) is 60.2 Å². The quantitative estimate of drug-likeness (QED) is 0.575. The summed E-state index contributed by atoms with van der Waals surface area (Å²) in [7, 11) is 0. The van der Waals surface area contributed by atoms with Crippen LogP contribution in [0.3, 0.4) is 0 Å². The van der Waals surface area contributed by atoms with Crippen molar-refractivity contribution in [2.24, 2.45) is 5.92 Å². The second-order valence-corrected chi connectivity index (χ2v) is 7.75. The van der Waals surface area contributed by atoms with Gasteiger partial charge in [-0.15, -0.1) is 5.10 Å². The molecule has 1 aliphatic rings. The molecule has 0 saturated carbocycles. The number of piperidine rings is 1. The molecular formula is C21H25F3N6O3. The number of benzene rings is 1. The van der Waals surface area contributed by atoms with Crippen molar-refractivity contribution in [2.45, 2.75) is 38.7 Å². The number of likely N-dealkylation sites (tertiary alicyclic amines) is 1. The van der Waals surface area contributed by atoms with Gasteiger partial charge in [-0.1, -0.05) is 17.3 Å². The van der Waals surface area contributed by atoms with E-state index in [1.54, 1.807) is 6.20 Å². The van der Waals surface area contributed by atoms with Gasteiger partial charge in [0.05, 0.1) is 18.5 Å². The number of aliphatic hydroxyl groups is 1. The molecule has 0 aliphatic carbocycles. The Morgan fingerprint density at radius 2 is 1.94 bits per heavy atom. The van der Waals surface area contributed by atoms with Crippen LogP contribution >= 0.6 is 0 Å². The molecule has 1 unspecified atom stereocenters. The second kappa shape index (κ2) is 11.1. The summed E-state index contributed by atoms with van der Waals surface area (Å²) < 4.78 is 35.5. The average molecular weight is 466 g/mol. The summed E-state index contributed by atoms with van der Waals surface area (Å²) in [5.74, 6) is -2.19. The number of nitrogens with zero attached hydrogens (tertiary/aromatic N) is 6. The zero-order valence-electron chi connectivity index (χ0n) is 17.8. The molecule has 9 nitrogen and oxygen atoms in total. The molecule has 0 amide bonds. The molecule has 0 bridgehead atoms. The molecule has 0 radical (unpaired) electrons. The lowest BCUT2D eigenvalue weighted by molar-refractivity contribution is -0.192. The third-order valence-electron chi connectivity index (χ3n) is 5.15. The van der Waals surface area contributed by atoms with Crippen LogP contribution in [-0.2, 0) is 24.5 Å². The van der Waals surface area contributed by atoms with Crippen LogP contribution in [0, 0.1) is 5.92 Å². The van der Waals surface area contributed by atoms with Crippen molar-refractivity contribution in [2.75, 3.05) is 13.1 Å². The lowest BCUT2D eigenvalue weighted by atomic mass is 9.97. The maximum atomic E-state index is 10.6. The van der Waals surface area contributed by atoms with E-state index < -0.39 is 12.1 Å². The normalized spacial score (nSPS) is 16.8. The maximum Gasteiger partial charge on any atom is 0.490 e. The summed E-state index contributed by atoms with van der Waals surface area (Å²) in [6, 6.07) is 10.5. The van der Waals surface area contributed by atoms with Gasteiger partial charge in [0.2, 0.25) is 0 Å². The summed E-state index contributed by atoms with van der Waals surface area (Å²) in [6.45, 7) is 3.98. The first-order chi connectivity index (χ1) is 15.7. The Bertz CT molecular complexity index is 1010. The van der Waals surface area contributed by atoms with Gasteiger partial charge in [-0.05, 0) is 49.1 Å². The number of alkyl halides is 3. The van der Waals surface area contributed by atoms with Crippen molar-refractivity contribution >= 4 is 5.97 Å². The highest BCUT2D eigenvalue weighted by molar-refractivity contribution is 5.73. The van der Waals surface area contributed by atoms with Crippen molar-refractivity contribution in [3.8, 4) is 5.69 Å². The topological polar surface area (TPSA) is 109 Å². The van der Waals surface area contributed by atoms with E-state index in [4.69, 9.17) is 15.0 Å². The van der Waals surface area contributed by atoms with Gasteiger partial charge in [0.15, 0.2) is 0 Å². The van der Waals surface area contributed by atoms with Crippen molar-refractivity contribution in [1.82, 2.24) is 29.7 Å². The molecule has 1 saturated heterocycles. The first kappa shape index (κ1) is 24.4. The highest BCUT2D eigenvalue weighted by Gasteiger charge is 2.38. The molecule has 1 fully saturated rings. The summed E-state index contributed by atoms with van der Waals surface area (Å²) in [5.41, 5.74) is 3.04. The number of aromatic nitrogens is 5. The van der Waals surface area contributed by atoms with Crippen LogP contribution in [-0.4, -0.2) is 65.1 Å². The zero-order valence-corrected chi connectivity index (χ0v) is 17.8. The predicted molar refractivity (Wildman–Crippen MR) is 111 cm³/mol. The molecule has 0 spiro atoms. The fourth-order valence-electron chi connectivity index (χ4n) is 3.64. The first-order valence-corrected chi connectivity index (χ1v) is 10.4. The van der Waals surface area contributed by atoms with Gasteiger partial charge < -0.3 is 10.2 Å². The molecule has 1 aromatic carbocycles. The lowest BCUT2D eigenvalue weighted by Crippen LogP contribution is -2.36. The number of rotatable bonds is 6. The summed E-state index contributed by atoms with van der Waals surface area (Å²) in [6.07, 6.45) is 2.92. The molecule has 12 heteroatoms. The Labute approximate surface area is 188 Å². The van der Waals surface area contributed by atoms with Crippen LogP contribution in [0.25, 0.3) is 5.69 Å².